The quantitative estimate of drug-likeness (QED) is 0.317. The molecule has 0 radical (unpaired) electrons. The van der Waals surface area contributed by atoms with Crippen LogP contribution in [0.4, 0.5) is 11.4 Å². The Bertz CT molecular complexity index is 1090. The van der Waals surface area contributed by atoms with Crippen molar-refractivity contribution in [1.82, 2.24) is 0 Å². The number of hydrogen-bond donors (Lipinski definition) is 3. The Morgan fingerprint density at radius 1 is 1.21 bits per heavy atom. The number of carboxylic acids is 1. The number of non-ortho nitro benzene ring substituents is 1. The van der Waals surface area contributed by atoms with E-state index in [1.54, 1.807) is 12.1 Å². The number of hydrazone groups is 1. The van der Waals surface area contributed by atoms with E-state index in [4.69, 9.17) is 21.1 Å². The number of nitro groups is 1. The number of phenols is 1. The van der Waals surface area contributed by atoms with E-state index < -0.39 is 10.9 Å². The van der Waals surface area contributed by atoms with Crippen LogP contribution in [0.3, 0.4) is 0 Å². The maximum atomic E-state index is 11.1. The molecule has 3 N–H and O–H groups in total. The number of aromatic hydroxyl groups is 1. The molecule has 0 unspecified atom stereocenters. The van der Waals surface area contributed by atoms with Gasteiger partial charge in [0.2, 0.25) is 0 Å². The minimum atomic E-state index is -1.16. The van der Waals surface area contributed by atoms with Gasteiger partial charge in [0.1, 0.15) is 17.3 Å². The van der Waals surface area contributed by atoms with Crippen molar-refractivity contribution in [1.29, 1.82) is 0 Å². The molecule has 10 heteroatoms. The lowest BCUT2D eigenvalue weighted by Crippen LogP contribution is -1.99. The Balaban J connectivity index is 1.77. The number of benzene rings is 2. The summed E-state index contributed by atoms with van der Waals surface area (Å²) in [5.74, 6) is -0.794. The van der Waals surface area contributed by atoms with Crippen LogP contribution in [0.15, 0.2) is 58.0 Å². The summed E-state index contributed by atoms with van der Waals surface area (Å²) in [7, 11) is 0. The average molecular weight is 402 g/mol. The number of aromatic carboxylic acids is 1. The SMILES string of the molecule is O=C(O)c1cc(N/N=C/c2ccc(-c3cc([N+](=O)[O-])ccc3O)o2)ccc1Cl. The lowest BCUT2D eigenvalue weighted by atomic mass is 10.1. The number of anilines is 1. The van der Waals surface area contributed by atoms with Gasteiger partial charge in [-0.15, -0.1) is 0 Å². The minimum absolute atomic E-state index is 0.0664. The standard InChI is InChI=1S/C18H12ClN3O6/c19-15-4-1-10(7-13(15)18(24)25)21-20-9-12-3-6-17(28-12)14-8-11(22(26)27)2-5-16(14)23/h1-9,21,23H,(H,24,25)/b20-9+. The van der Waals surface area contributed by atoms with Crippen molar-refractivity contribution in [2.45, 2.75) is 0 Å². The van der Waals surface area contributed by atoms with Crippen molar-refractivity contribution >= 4 is 35.2 Å². The Labute approximate surface area is 162 Å². The summed E-state index contributed by atoms with van der Waals surface area (Å²) in [6.45, 7) is 0. The summed E-state index contributed by atoms with van der Waals surface area (Å²) < 4.78 is 5.52. The molecule has 28 heavy (non-hydrogen) atoms. The predicted molar refractivity (Wildman–Crippen MR) is 102 cm³/mol. The number of hydrogen-bond acceptors (Lipinski definition) is 7. The third-order valence-corrected chi connectivity index (χ3v) is 3.99. The van der Waals surface area contributed by atoms with E-state index in [0.29, 0.717) is 11.4 Å². The van der Waals surface area contributed by atoms with E-state index >= 15 is 0 Å². The van der Waals surface area contributed by atoms with Crippen LogP contribution in [0.2, 0.25) is 5.02 Å². The highest BCUT2D eigenvalue weighted by atomic mass is 35.5. The van der Waals surface area contributed by atoms with Crippen LogP contribution in [0, 0.1) is 10.1 Å². The predicted octanol–water partition coefficient (Wildman–Crippen LogP) is 4.36. The van der Waals surface area contributed by atoms with Gasteiger partial charge in [-0.05, 0) is 36.4 Å². The van der Waals surface area contributed by atoms with Gasteiger partial charge in [0.15, 0.2) is 0 Å². The van der Waals surface area contributed by atoms with E-state index in [1.807, 2.05) is 0 Å². The topological polar surface area (TPSA) is 138 Å². The highest BCUT2D eigenvalue weighted by molar-refractivity contribution is 6.33. The molecule has 0 aliphatic heterocycles. The van der Waals surface area contributed by atoms with Gasteiger partial charge in [0.05, 0.1) is 33.0 Å². The van der Waals surface area contributed by atoms with Gasteiger partial charge in [-0.2, -0.15) is 5.10 Å². The second kappa shape index (κ2) is 7.80. The number of nitrogens with one attached hydrogen (secondary N) is 1. The molecule has 1 aromatic heterocycles. The molecule has 0 fully saturated rings. The molecule has 142 valence electrons. The maximum Gasteiger partial charge on any atom is 0.337 e. The zero-order valence-electron chi connectivity index (χ0n) is 14.0. The Morgan fingerprint density at radius 3 is 2.71 bits per heavy atom. The van der Waals surface area contributed by atoms with Crippen LogP contribution in [-0.2, 0) is 0 Å². The van der Waals surface area contributed by atoms with E-state index in [-0.39, 0.29) is 33.3 Å². The van der Waals surface area contributed by atoms with Gasteiger partial charge >= 0.3 is 5.97 Å². The van der Waals surface area contributed by atoms with Crippen LogP contribution in [-0.4, -0.2) is 27.3 Å². The molecule has 2 aromatic carbocycles. The molecule has 0 atom stereocenters. The monoisotopic (exact) mass is 401 g/mol. The lowest BCUT2D eigenvalue weighted by molar-refractivity contribution is -0.384. The minimum Gasteiger partial charge on any atom is -0.507 e. The van der Waals surface area contributed by atoms with Crippen LogP contribution in [0.5, 0.6) is 5.75 Å². The normalized spacial score (nSPS) is 10.9. The Morgan fingerprint density at radius 2 is 2.00 bits per heavy atom. The highest BCUT2D eigenvalue weighted by Gasteiger charge is 2.14. The molecule has 3 rings (SSSR count). The number of halogens is 1. The average Bonchev–Trinajstić information content (AvgIpc) is 3.11. The van der Waals surface area contributed by atoms with Crippen LogP contribution in [0.1, 0.15) is 16.1 Å². The van der Waals surface area contributed by atoms with Crippen LogP contribution < -0.4 is 5.43 Å². The number of nitro benzene ring substituents is 1. The molecule has 0 bridgehead atoms. The Kier molecular flexibility index (Phi) is 5.28. The lowest BCUT2D eigenvalue weighted by Gasteiger charge is -2.03. The van der Waals surface area contributed by atoms with Gasteiger partial charge in [-0.25, -0.2) is 4.79 Å². The van der Waals surface area contributed by atoms with Crippen molar-refractivity contribution in [3.63, 3.8) is 0 Å². The largest absolute Gasteiger partial charge is 0.507 e. The molecule has 1 heterocycles. The molecule has 0 aliphatic carbocycles. The number of furan rings is 1. The summed E-state index contributed by atoms with van der Waals surface area (Å²) >= 11 is 5.80. The number of carbonyl (C=O) groups is 1. The molecule has 0 spiro atoms. The summed E-state index contributed by atoms with van der Waals surface area (Å²) in [5.41, 5.74) is 2.98. The second-order valence-electron chi connectivity index (χ2n) is 5.53. The third kappa shape index (κ3) is 4.10. The first-order valence-corrected chi connectivity index (χ1v) is 8.12. The molecule has 0 saturated heterocycles. The zero-order chi connectivity index (χ0) is 20.3. The molecule has 0 amide bonds. The summed E-state index contributed by atoms with van der Waals surface area (Å²) in [6, 6.07) is 11.0. The Hall–Kier alpha value is -3.85. The van der Waals surface area contributed by atoms with Crippen molar-refractivity contribution in [3.05, 3.63) is 75.0 Å². The van der Waals surface area contributed by atoms with E-state index in [0.717, 1.165) is 0 Å². The van der Waals surface area contributed by atoms with Crippen molar-refractivity contribution in [2.24, 2.45) is 5.10 Å². The number of phenolic OH excluding ortho intramolecular Hbond substituents is 1. The maximum absolute atomic E-state index is 11.1. The fraction of sp³-hybridized carbons (Fsp3) is 0. The fourth-order valence-corrected chi connectivity index (χ4v) is 2.53. The van der Waals surface area contributed by atoms with Crippen molar-refractivity contribution < 1.29 is 24.3 Å². The van der Waals surface area contributed by atoms with E-state index in [2.05, 4.69) is 10.5 Å². The van der Waals surface area contributed by atoms with Gasteiger partial charge < -0.3 is 14.6 Å². The molecule has 9 nitrogen and oxygen atoms in total. The summed E-state index contributed by atoms with van der Waals surface area (Å²) in [6.07, 6.45) is 1.33. The number of rotatable bonds is 6. The number of carboxylic acid groups (broad SMARTS) is 1. The highest BCUT2D eigenvalue weighted by Crippen LogP contribution is 2.33. The van der Waals surface area contributed by atoms with Crippen molar-refractivity contribution in [3.8, 4) is 17.1 Å². The first kappa shape index (κ1) is 18.9. The van der Waals surface area contributed by atoms with E-state index in [9.17, 15) is 20.0 Å². The fourth-order valence-electron chi connectivity index (χ4n) is 2.33. The van der Waals surface area contributed by atoms with Gasteiger partial charge in [-0.1, -0.05) is 11.6 Å². The molecule has 0 saturated carbocycles. The van der Waals surface area contributed by atoms with E-state index in [1.165, 1.54) is 42.6 Å². The third-order valence-electron chi connectivity index (χ3n) is 3.67. The van der Waals surface area contributed by atoms with Gasteiger partial charge in [0.25, 0.3) is 5.69 Å². The molecular weight excluding hydrogens is 390 g/mol. The molecule has 3 aromatic rings. The smallest absolute Gasteiger partial charge is 0.337 e. The summed E-state index contributed by atoms with van der Waals surface area (Å²) in [5, 5.41) is 33.9. The van der Waals surface area contributed by atoms with Crippen LogP contribution in [0.25, 0.3) is 11.3 Å². The second-order valence-corrected chi connectivity index (χ2v) is 5.94. The number of nitrogens with zero attached hydrogens (tertiary/aromatic N) is 2. The first-order chi connectivity index (χ1) is 13.3. The molecular formula is C18H12ClN3O6. The molecule has 0 aliphatic rings. The first-order valence-electron chi connectivity index (χ1n) is 7.74. The summed E-state index contributed by atoms with van der Waals surface area (Å²) in [4.78, 5) is 21.4. The zero-order valence-corrected chi connectivity index (χ0v) is 14.8. The van der Waals surface area contributed by atoms with Gasteiger partial charge in [0, 0.05) is 12.1 Å². The van der Waals surface area contributed by atoms with Gasteiger partial charge in [-0.3, -0.25) is 15.5 Å². The van der Waals surface area contributed by atoms with Crippen molar-refractivity contribution in [2.75, 3.05) is 5.43 Å². The van der Waals surface area contributed by atoms with Crippen LogP contribution >= 0.6 is 11.6 Å².